The molecule has 1 unspecified atom stereocenters. The third-order valence-corrected chi connectivity index (χ3v) is 5.12. The van der Waals surface area contributed by atoms with Crippen LogP contribution in [0, 0.1) is 6.92 Å². The van der Waals surface area contributed by atoms with Gasteiger partial charge in [-0.25, -0.2) is 0 Å². The molecule has 0 saturated heterocycles. The van der Waals surface area contributed by atoms with Gasteiger partial charge >= 0.3 is 5.97 Å². The Balaban J connectivity index is 2.46. The molecule has 1 atom stereocenters. The number of carbonyl (C=O) groups excluding carboxylic acids is 1. The van der Waals surface area contributed by atoms with Crippen LogP contribution in [0.15, 0.2) is 42.5 Å². The Hall–Kier alpha value is -2.42. The molecule has 0 saturated carbocycles. The van der Waals surface area contributed by atoms with Crippen LogP contribution in [0.1, 0.15) is 44.7 Å². The molecule has 7 nitrogen and oxygen atoms in total. The second-order valence-electron chi connectivity index (χ2n) is 8.24. The molecular weight excluding hydrogens is 406 g/mol. The van der Waals surface area contributed by atoms with Crippen LogP contribution in [-0.4, -0.2) is 36.8 Å². The summed E-state index contributed by atoms with van der Waals surface area (Å²) in [6, 6.07) is 12.3. The van der Waals surface area contributed by atoms with Crippen molar-refractivity contribution in [2.24, 2.45) is 0 Å². The number of para-hydroxylation sites is 1. The van der Waals surface area contributed by atoms with Gasteiger partial charge in [0, 0.05) is 24.9 Å². The van der Waals surface area contributed by atoms with Crippen LogP contribution in [0.5, 0.6) is 17.2 Å². The molecule has 30 heavy (non-hydrogen) atoms. The van der Waals surface area contributed by atoms with Crippen LogP contribution < -0.4 is 14.8 Å². The molecule has 2 aromatic carbocycles. The minimum absolute atomic E-state index is 0.226. The highest BCUT2D eigenvalue weighted by atomic mass is 32.2. The van der Waals surface area contributed by atoms with Gasteiger partial charge in [0.15, 0.2) is 11.5 Å². The van der Waals surface area contributed by atoms with Crippen molar-refractivity contribution in [2.45, 2.75) is 46.1 Å². The Labute approximate surface area is 178 Å². The van der Waals surface area contributed by atoms with Crippen LogP contribution >= 0.6 is 0 Å². The lowest BCUT2D eigenvalue weighted by molar-refractivity contribution is -0.132. The molecule has 2 aromatic rings. The van der Waals surface area contributed by atoms with E-state index in [0.717, 1.165) is 5.56 Å². The zero-order valence-electron chi connectivity index (χ0n) is 17.9. The summed E-state index contributed by atoms with van der Waals surface area (Å²) in [6.45, 7) is 9.40. The van der Waals surface area contributed by atoms with Crippen molar-refractivity contribution >= 4 is 16.1 Å². The number of aryl methyl sites for hydroxylation is 1. The number of rotatable bonds is 8. The first-order valence-corrected chi connectivity index (χ1v) is 11.2. The average molecular weight is 436 g/mol. The molecule has 2 N–H and O–H groups in total. The Morgan fingerprint density at radius 3 is 2.33 bits per heavy atom. The summed E-state index contributed by atoms with van der Waals surface area (Å²) in [5.74, 6) is -0.391. The van der Waals surface area contributed by atoms with Crippen molar-refractivity contribution in [2.75, 3.05) is 12.3 Å². The standard InChI is InChI=1S/C22H29NO6S/c1-15-8-6-7-9-19(15)29-21-12-17(10-11-20(21)28-16(2)24)18(14-30(25,26)27)13-23-22(3,4)5/h6-12,18,23H,13-14H2,1-5H3,(H,25,26,27). The number of carbonyl (C=O) groups is 1. The third kappa shape index (κ3) is 7.78. The second-order valence-corrected chi connectivity index (χ2v) is 9.74. The van der Waals surface area contributed by atoms with E-state index < -0.39 is 27.8 Å². The topological polar surface area (TPSA) is 102 Å². The molecule has 0 amide bonds. The number of esters is 1. The van der Waals surface area contributed by atoms with Gasteiger partial charge in [0.25, 0.3) is 10.1 Å². The van der Waals surface area contributed by atoms with E-state index in [1.807, 2.05) is 45.9 Å². The average Bonchev–Trinajstić information content (AvgIpc) is 2.60. The highest BCUT2D eigenvalue weighted by Gasteiger charge is 2.23. The van der Waals surface area contributed by atoms with Crippen LogP contribution in [0.25, 0.3) is 0 Å². The largest absolute Gasteiger partial charge is 0.453 e. The maximum absolute atomic E-state index is 11.6. The summed E-state index contributed by atoms with van der Waals surface area (Å²) in [4.78, 5) is 11.5. The lowest BCUT2D eigenvalue weighted by Gasteiger charge is -2.25. The van der Waals surface area contributed by atoms with Gasteiger partial charge in [0.1, 0.15) is 5.75 Å². The van der Waals surface area contributed by atoms with E-state index in [0.29, 0.717) is 17.9 Å². The first-order chi connectivity index (χ1) is 13.8. The molecule has 0 heterocycles. The van der Waals surface area contributed by atoms with Crippen molar-refractivity contribution in [3.63, 3.8) is 0 Å². The predicted molar refractivity (Wildman–Crippen MR) is 116 cm³/mol. The number of hydrogen-bond acceptors (Lipinski definition) is 6. The number of nitrogens with one attached hydrogen (secondary N) is 1. The number of hydrogen-bond donors (Lipinski definition) is 2. The second kappa shape index (κ2) is 9.59. The van der Waals surface area contributed by atoms with Crippen LogP contribution in [0.3, 0.4) is 0 Å². The lowest BCUT2D eigenvalue weighted by Crippen LogP contribution is -2.39. The normalized spacial score (nSPS) is 13.0. The number of benzene rings is 2. The third-order valence-electron chi connectivity index (χ3n) is 4.30. The van der Waals surface area contributed by atoms with Crippen molar-refractivity contribution in [1.29, 1.82) is 0 Å². The molecule has 0 bridgehead atoms. The molecule has 2 rings (SSSR count). The first kappa shape index (κ1) is 23.9. The van der Waals surface area contributed by atoms with Crippen LogP contribution in [-0.2, 0) is 14.9 Å². The predicted octanol–water partition coefficient (Wildman–Crippen LogP) is 4.07. The van der Waals surface area contributed by atoms with E-state index in [-0.39, 0.29) is 17.0 Å². The van der Waals surface area contributed by atoms with Gasteiger partial charge < -0.3 is 14.8 Å². The minimum atomic E-state index is -4.21. The molecule has 164 valence electrons. The Morgan fingerprint density at radius 1 is 1.10 bits per heavy atom. The Morgan fingerprint density at radius 2 is 1.77 bits per heavy atom. The summed E-state index contributed by atoms with van der Waals surface area (Å²) in [5, 5.41) is 3.27. The molecule has 0 fully saturated rings. The van der Waals surface area contributed by atoms with Gasteiger partial charge in [-0.1, -0.05) is 24.3 Å². The summed E-state index contributed by atoms with van der Waals surface area (Å²) < 4.78 is 43.9. The SMILES string of the molecule is CC(=O)Oc1ccc(C(CNC(C)(C)C)CS(=O)(=O)O)cc1Oc1ccccc1C. The molecule has 0 aliphatic carbocycles. The molecule has 0 aromatic heterocycles. The van der Waals surface area contributed by atoms with Crippen molar-refractivity contribution in [1.82, 2.24) is 5.32 Å². The Kier molecular flexibility index (Phi) is 7.63. The molecule has 0 radical (unpaired) electrons. The summed E-state index contributed by atoms with van der Waals surface area (Å²) in [7, 11) is -4.21. The monoisotopic (exact) mass is 435 g/mol. The van der Waals surface area contributed by atoms with Gasteiger partial charge in [0.2, 0.25) is 0 Å². The minimum Gasteiger partial charge on any atom is -0.453 e. The molecule has 0 spiro atoms. The van der Waals surface area contributed by atoms with E-state index in [9.17, 15) is 17.8 Å². The van der Waals surface area contributed by atoms with Crippen molar-refractivity contribution < 1.29 is 27.2 Å². The van der Waals surface area contributed by atoms with E-state index in [1.165, 1.54) is 6.92 Å². The molecule has 0 aliphatic rings. The van der Waals surface area contributed by atoms with Gasteiger partial charge in [-0.05, 0) is 57.0 Å². The van der Waals surface area contributed by atoms with Gasteiger partial charge in [-0.15, -0.1) is 0 Å². The van der Waals surface area contributed by atoms with E-state index in [1.54, 1.807) is 24.3 Å². The lowest BCUT2D eigenvalue weighted by atomic mass is 9.98. The van der Waals surface area contributed by atoms with Gasteiger partial charge in [-0.3, -0.25) is 9.35 Å². The quantitative estimate of drug-likeness (QED) is 0.366. The highest BCUT2D eigenvalue weighted by Crippen LogP contribution is 2.36. The van der Waals surface area contributed by atoms with Crippen LogP contribution in [0.4, 0.5) is 0 Å². The smallest absolute Gasteiger partial charge is 0.308 e. The van der Waals surface area contributed by atoms with Crippen LogP contribution in [0.2, 0.25) is 0 Å². The van der Waals surface area contributed by atoms with Gasteiger partial charge in [0.05, 0.1) is 5.75 Å². The summed E-state index contributed by atoms with van der Waals surface area (Å²) in [6.07, 6.45) is 0. The fraction of sp³-hybridized carbons (Fsp3) is 0.409. The zero-order valence-corrected chi connectivity index (χ0v) is 18.7. The zero-order chi connectivity index (χ0) is 22.5. The Bertz CT molecular complexity index is 995. The molecule has 8 heteroatoms. The van der Waals surface area contributed by atoms with E-state index in [4.69, 9.17) is 9.47 Å². The van der Waals surface area contributed by atoms with Crippen molar-refractivity contribution in [3.8, 4) is 17.2 Å². The summed E-state index contributed by atoms with van der Waals surface area (Å²) >= 11 is 0. The maximum Gasteiger partial charge on any atom is 0.308 e. The van der Waals surface area contributed by atoms with E-state index >= 15 is 0 Å². The van der Waals surface area contributed by atoms with E-state index in [2.05, 4.69) is 5.32 Å². The fourth-order valence-corrected chi connectivity index (χ4v) is 3.66. The van der Waals surface area contributed by atoms with Gasteiger partial charge in [-0.2, -0.15) is 8.42 Å². The fourth-order valence-electron chi connectivity index (χ4n) is 2.84. The first-order valence-electron chi connectivity index (χ1n) is 9.60. The molecular formula is C22H29NO6S. The molecule has 0 aliphatic heterocycles. The number of ether oxygens (including phenoxy) is 2. The maximum atomic E-state index is 11.6. The van der Waals surface area contributed by atoms with Crippen molar-refractivity contribution in [3.05, 3.63) is 53.6 Å². The summed E-state index contributed by atoms with van der Waals surface area (Å²) in [5.41, 5.74) is 1.28. The highest BCUT2D eigenvalue weighted by molar-refractivity contribution is 7.85.